The molecule has 0 saturated heterocycles. The number of methoxy groups -OCH3 is 1. The molecule has 0 radical (unpaired) electrons. The second-order valence-electron chi connectivity index (χ2n) is 5.85. The van der Waals surface area contributed by atoms with Gasteiger partial charge in [0.15, 0.2) is 0 Å². The van der Waals surface area contributed by atoms with Crippen LogP contribution in [0.4, 0.5) is 5.69 Å². The van der Waals surface area contributed by atoms with Gasteiger partial charge < -0.3 is 10.1 Å². The van der Waals surface area contributed by atoms with Gasteiger partial charge in [-0.25, -0.2) is 0 Å². The standard InChI is InChI=1S/C18H18ClN5O2S/c1-11-4-6-13(7-5-11)24-18(21-22-23-24)27-10-17(25)20-15-8-12(2)14(19)9-16(15)26-3/h4-9H,10H2,1-3H3,(H,20,25). The normalized spacial score (nSPS) is 10.7. The van der Waals surface area contributed by atoms with Crippen molar-refractivity contribution in [2.45, 2.75) is 19.0 Å². The highest BCUT2D eigenvalue weighted by Crippen LogP contribution is 2.31. The largest absolute Gasteiger partial charge is 0.495 e. The number of hydrogen-bond acceptors (Lipinski definition) is 6. The Morgan fingerprint density at radius 1 is 1.26 bits per heavy atom. The Hall–Kier alpha value is -2.58. The van der Waals surface area contributed by atoms with E-state index < -0.39 is 0 Å². The number of halogens is 1. The predicted octanol–water partition coefficient (Wildman–Crippen LogP) is 3.67. The van der Waals surface area contributed by atoms with Gasteiger partial charge in [0.05, 0.1) is 24.2 Å². The molecular formula is C18H18ClN5O2S. The summed E-state index contributed by atoms with van der Waals surface area (Å²) in [5.74, 6) is 0.462. The van der Waals surface area contributed by atoms with Crippen LogP contribution in [0.2, 0.25) is 5.02 Å². The number of aromatic nitrogens is 4. The minimum atomic E-state index is -0.196. The van der Waals surface area contributed by atoms with Crippen molar-refractivity contribution in [3.05, 3.63) is 52.5 Å². The minimum Gasteiger partial charge on any atom is -0.495 e. The van der Waals surface area contributed by atoms with Gasteiger partial charge in [0.1, 0.15) is 5.75 Å². The summed E-state index contributed by atoms with van der Waals surface area (Å²) >= 11 is 7.34. The Labute approximate surface area is 166 Å². The van der Waals surface area contributed by atoms with Crippen LogP contribution in [0.1, 0.15) is 11.1 Å². The van der Waals surface area contributed by atoms with Crippen molar-refractivity contribution >= 4 is 35.0 Å². The van der Waals surface area contributed by atoms with Crippen LogP contribution in [-0.4, -0.2) is 39.0 Å². The van der Waals surface area contributed by atoms with Crippen LogP contribution < -0.4 is 10.1 Å². The maximum atomic E-state index is 12.4. The summed E-state index contributed by atoms with van der Waals surface area (Å²) < 4.78 is 6.88. The molecule has 140 valence electrons. The van der Waals surface area contributed by atoms with Gasteiger partial charge in [-0.1, -0.05) is 41.1 Å². The number of ether oxygens (including phenoxy) is 1. The van der Waals surface area contributed by atoms with Crippen LogP contribution in [0.5, 0.6) is 5.75 Å². The first-order chi connectivity index (χ1) is 13.0. The lowest BCUT2D eigenvalue weighted by atomic mass is 10.2. The molecule has 1 amide bonds. The van der Waals surface area contributed by atoms with E-state index in [0.717, 1.165) is 16.8 Å². The molecule has 0 atom stereocenters. The molecule has 0 aliphatic heterocycles. The third-order valence-corrected chi connectivity index (χ3v) is 5.13. The van der Waals surface area contributed by atoms with Gasteiger partial charge in [0, 0.05) is 11.1 Å². The molecule has 3 rings (SSSR count). The molecule has 7 nitrogen and oxygen atoms in total. The maximum Gasteiger partial charge on any atom is 0.234 e. The molecule has 0 aliphatic rings. The molecule has 9 heteroatoms. The lowest BCUT2D eigenvalue weighted by Gasteiger charge is -2.12. The van der Waals surface area contributed by atoms with Crippen molar-refractivity contribution < 1.29 is 9.53 Å². The number of thioether (sulfide) groups is 1. The van der Waals surface area contributed by atoms with Crippen LogP contribution >= 0.6 is 23.4 Å². The van der Waals surface area contributed by atoms with E-state index in [0.29, 0.717) is 21.6 Å². The maximum absolute atomic E-state index is 12.4. The zero-order valence-electron chi connectivity index (χ0n) is 15.1. The molecule has 0 aliphatic carbocycles. The van der Waals surface area contributed by atoms with E-state index in [2.05, 4.69) is 20.8 Å². The number of anilines is 1. The highest BCUT2D eigenvalue weighted by atomic mass is 35.5. The van der Waals surface area contributed by atoms with Crippen molar-refractivity contribution in [1.82, 2.24) is 20.2 Å². The number of hydrogen-bond donors (Lipinski definition) is 1. The third-order valence-electron chi connectivity index (χ3n) is 3.81. The molecule has 1 aromatic heterocycles. The fraction of sp³-hybridized carbons (Fsp3) is 0.222. The number of nitrogens with zero attached hydrogens (tertiary/aromatic N) is 4. The van der Waals surface area contributed by atoms with E-state index in [1.165, 1.54) is 18.9 Å². The average molecular weight is 404 g/mol. The first-order valence-corrected chi connectivity index (χ1v) is 9.46. The average Bonchev–Trinajstić information content (AvgIpc) is 3.12. The summed E-state index contributed by atoms with van der Waals surface area (Å²) in [5, 5.41) is 15.7. The molecule has 0 fully saturated rings. The summed E-state index contributed by atoms with van der Waals surface area (Å²) in [5.41, 5.74) is 3.41. The van der Waals surface area contributed by atoms with E-state index in [-0.39, 0.29) is 11.7 Å². The lowest BCUT2D eigenvalue weighted by Crippen LogP contribution is -2.15. The zero-order chi connectivity index (χ0) is 19.4. The minimum absolute atomic E-state index is 0.150. The topological polar surface area (TPSA) is 81.9 Å². The SMILES string of the molecule is COc1cc(Cl)c(C)cc1NC(=O)CSc1nnnn1-c1ccc(C)cc1. The highest BCUT2D eigenvalue weighted by molar-refractivity contribution is 7.99. The Balaban J connectivity index is 1.68. The summed E-state index contributed by atoms with van der Waals surface area (Å²) in [6.07, 6.45) is 0. The number of tetrazole rings is 1. The van der Waals surface area contributed by atoms with Crippen molar-refractivity contribution in [3.63, 3.8) is 0 Å². The number of rotatable bonds is 6. The third kappa shape index (κ3) is 4.58. The molecule has 0 bridgehead atoms. The summed E-state index contributed by atoms with van der Waals surface area (Å²) in [7, 11) is 1.53. The molecule has 1 N–H and O–H groups in total. The van der Waals surface area contributed by atoms with Gasteiger partial charge in [-0.3, -0.25) is 4.79 Å². The number of carbonyl (C=O) groups excluding carboxylic acids is 1. The van der Waals surface area contributed by atoms with Gasteiger partial charge in [0.2, 0.25) is 11.1 Å². The van der Waals surface area contributed by atoms with Crippen LogP contribution in [-0.2, 0) is 4.79 Å². The smallest absolute Gasteiger partial charge is 0.234 e. The molecule has 0 unspecified atom stereocenters. The molecule has 27 heavy (non-hydrogen) atoms. The molecular weight excluding hydrogens is 386 g/mol. The van der Waals surface area contributed by atoms with E-state index >= 15 is 0 Å². The van der Waals surface area contributed by atoms with E-state index in [4.69, 9.17) is 16.3 Å². The number of carbonyl (C=O) groups is 1. The van der Waals surface area contributed by atoms with E-state index in [1.54, 1.807) is 16.8 Å². The van der Waals surface area contributed by atoms with Gasteiger partial charge in [-0.15, -0.1) is 5.10 Å². The van der Waals surface area contributed by atoms with Crippen molar-refractivity contribution in [2.24, 2.45) is 0 Å². The summed E-state index contributed by atoms with van der Waals surface area (Å²) in [6.45, 7) is 3.87. The summed E-state index contributed by atoms with van der Waals surface area (Å²) in [4.78, 5) is 12.4. The summed E-state index contributed by atoms with van der Waals surface area (Å²) in [6, 6.07) is 11.3. The van der Waals surface area contributed by atoms with Crippen LogP contribution in [0.15, 0.2) is 41.6 Å². The monoisotopic (exact) mass is 403 g/mol. The molecule has 3 aromatic rings. The van der Waals surface area contributed by atoms with Crippen molar-refractivity contribution in [2.75, 3.05) is 18.2 Å². The highest BCUT2D eigenvalue weighted by Gasteiger charge is 2.14. The Morgan fingerprint density at radius 2 is 2.00 bits per heavy atom. The van der Waals surface area contributed by atoms with Crippen LogP contribution in [0.25, 0.3) is 5.69 Å². The van der Waals surface area contributed by atoms with Crippen molar-refractivity contribution in [3.8, 4) is 11.4 Å². The predicted molar refractivity (Wildman–Crippen MR) is 106 cm³/mol. The number of amides is 1. The Morgan fingerprint density at radius 3 is 2.70 bits per heavy atom. The fourth-order valence-corrected chi connectivity index (χ4v) is 3.21. The van der Waals surface area contributed by atoms with Crippen molar-refractivity contribution in [1.29, 1.82) is 0 Å². The lowest BCUT2D eigenvalue weighted by molar-refractivity contribution is -0.113. The quantitative estimate of drug-likeness (QED) is 0.632. The Bertz CT molecular complexity index is 959. The molecule has 1 heterocycles. The first-order valence-electron chi connectivity index (χ1n) is 8.10. The van der Waals surface area contributed by atoms with Crippen LogP contribution in [0.3, 0.4) is 0 Å². The fourth-order valence-electron chi connectivity index (χ4n) is 2.36. The Kier molecular flexibility index (Phi) is 5.98. The van der Waals surface area contributed by atoms with E-state index in [1.807, 2.05) is 38.1 Å². The zero-order valence-corrected chi connectivity index (χ0v) is 16.6. The molecule has 0 saturated carbocycles. The van der Waals surface area contributed by atoms with Crippen LogP contribution in [0, 0.1) is 13.8 Å². The van der Waals surface area contributed by atoms with Gasteiger partial charge in [0.25, 0.3) is 0 Å². The molecule has 0 spiro atoms. The van der Waals surface area contributed by atoms with Gasteiger partial charge in [-0.2, -0.15) is 4.68 Å². The second kappa shape index (κ2) is 8.41. The number of benzene rings is 2. The first kappa shape index (κ1) is 19.2. The van der Waals surface area contributed by atoms with Gasteiger partial charge in [-0.05, 0) is 48.0 Å². The number of nitrogens with one attached hydrogen (secondary N) is 1. The number of aryl methyl sites for hydroxylation is 2. The van der Waals surface area contributed by atoms with Gasteiger partial charge >= 0.3 is 0 Å². The van der Waals surface area contributed by atoms with E-state index in [9.17, 15) is 4.79 Å². The second-order valence-corrected chi connectivity index (χ2v) is 7.20. The molecule has 2 aromatic carbocycles.